The number of carbonyl (C=O) groups is 1. The molecule has 3 rings (SSSR count). The summed E-state index contributed by atoms with van der Waals surface area (Å²) in [5, 5.41) is 5.29. The number of thiophene rings is 1. The van der Waals surface area contributed by atoms with Crippen LogP contribution in [0.15, 0.2) is 11.4 Å². The maximum atomic E-state index is 12.4. The van der Waals surface area contributed by atoms with Gasteiger partial charge in [-0.05, 0) is 61.5 Å². The normalized spacial score (nSPS) is 34.0. The zero-order valence-corrected chi connectivity index (χ0v) is 12.2. The monoisotopic (exact) mass is 278 g/mol. The molecule has 4 heteroatoms. The molecule has 2 atom stereocenters. The van der Waals surface area contributed by atoms with Crippen molar-refractivity contribution in [3.05, 3.63) is 21.9 Å². The average Bonchev–Trinajstić information content (AvgIpc) is 2.76. The minimum Gasteiger partial charge on any atom is -0.348 e. The smallest absolute Gasteiger partial charge is 0.261 e. The molecule has 2 fully saturated rings. The van der Waals surface area contributed by atoms with E-state index in [0.29, 0.717) is 23.9 Å². The summed E-state index contributed by atoms with van der Waals surface area (Å²) < 4.78 is 0. The van der Waals surface area contributed by atoms with E-state index in [1.165, 1.54) is 30.6 Å². The molecule has 0 aliphatic heterocycles. The SMILES string of the molecule is Cc1ccsc1C(=O)NC1C2CCCC1CC(N)C2. The van der Waals surface area contributed by atoms with E-state index in [0.717, 1.165) is 23.3 Å². The van der Waals surface area contributed by atoms with Crippen LogP contribution in [0.4, 0.5) is 0 Å². The minimum atomic E-state index is 0.116. The molecule has 1 amide bonds. The molecule has 0 radical (unpaired) electrons. The third kappa shape index (κ3) is 2.56. The van der Waals surface area contributed by atoms with Gasteiger partial charge in [-0.2, -0.15) is 0 Å². The molecular weight excluding hydrogens is 256 g/mol. The van der Waals surface area contributed by atoms with Crippen LogP contribution in [0, 0.1) is 18.8 Å². The molecule has 0 aromatic carbocycles. The van der Waals surface area contributed by atoms with Crippen molar-refractivity contribution in [2.75, 3.05) is 0 Å². The molecule has 0 spiro atoms. The number of nitrogens with two attached hydrogens (primary N) is 1. The van der Waals surface area contributed by atoms with E-state index < -0.39 is 0 Å². The van der Waals surface area contributed by atoms with Crippen LogP contribution in [0.3, 0.4) is 0 Å². The lowest BCUT2D eigenvalue weighted by Gasteiger charge is -2.45. The molecule has 2 aliphatic carbocycles. The first kappa shape index (κ1) is 13.1. The Morgan fingerprint density at radius 2 is 2.05 bits per heavy atom. The Morgan fingerprint density at radius 3 is 2.63 bits per heavy atom. The predicted molar refractivity (Wildman–Crippen MR) is 78.4 cm³/mol. The van der Waals surface area contributed by atoms with Gasteiger partial charge in [0.05, 0.1) is 4.88 Å². The van der Waals surface area contributed by atoms with Crippen LogP contribution in [0.2, 0.25) is 0 Å². The van der Waals surface area contributed by atoms with E-state index >= 15 is 0 Å². The molecule has 19 heavy (non-hydrogen) atoms. The standard InChI is InChI=1S/C15H22N2OS/c1-9-5-6-19-14(9)15(18)17-13-10-3-2-4-11(13)8-12(16)7-10/h5-6,10-13H,2-4,7-8,16H2,1H3,(H,17,18). The fourth-order valence-electron chi connectivity index (χ4n) is 3.85. The molecule has 2 saturated carbocycles. The van der Waals surface area contributed by atoms with Gasteiger partial charge in [0.2, 0.25) is 0 Å². The number of carbonyl (C=O) groups excluding carboxylic acids is 1. The first-order chi connectivity index (χ1) is 9.15. The molecule has 3 nitrogen and oxygen atoms in total. The Hall–Kier alpha value is -0.870. The van der Waals surface area contributed by atoms with Crippen LogP contribution in [-0.2, 0) is 0 Å². The highest BCUT2D eigenvalue weighted by Gasteiger charge is 2.40. The van der Waals surface area contributed by atoms with E-state index in [9.17, 15) is 4.79 Å². The number of nitrogens with one attached hydrogen (secondary N) is 1. The first-order valence-corrected chi connectivity index (χ1v) is 8.13. The molecule has 2 aliphatic rings. The van der Waals surface area contributed by atoms with Gasteiger partial charge in [-0.3, -0.25) is 4.79 Å². The summed E-state index contributed by atoms with van der Waals surface area (Å²) in [6.45, 7) is 2.00. The van der Waals surface area contributed by atoms with Crippen LogP contribution in [0.1, 0.15) is 47.3 Å². The van der Waals surface area contributed by atoms with Crippen molar-refractivity contribution in [3.8, 4) is 0 Å². The second-order valence-electron chi connectivity index (χ2n) is 6.11. The summed E-state index contributed by atoms with van der Waals surface area (Å²) in [6, 6.07) is 2.70. The van der Waals surface area contributed by atoms with E-state index in [-0.39, 0.29) is 5.91 Å². The second-order valence-corrected chi connectivity index (χ2v) is 7.03. The topological polar surface area (TPSA) is 55.1 Å². The second kappa shape index (κ2) is 5.25. The first-order valence-electron chi connectivity index (χ1n) is 7.25. The van der Waals surface area contributed by atoms with Crippen LogP contribution in [0.5, 0.6) is 0 Å². The van der Waals surface area contributed by atoms with Crippen LogP contribution >= 0.6 is 11.3 Å². The Morgan fingerprint density at radius 1 is 1.37 bits per heavy atom. The lowest BCUT2D eigenvalue weighted by atomic mass is 9.67. The Balaban J connectivity index is 1.72. The van der Waals surface area contributed by atoms with Crippen molar-refractivity contribution in [1.82, 2.24) is 5.32 Å². The van der Waals surface area contributed by atoms with Crippen molar-refractivity contribution < 1.29 is 4.79 Å². The number of aryl methyl sites for hydroxylation is 1. The zero-order valence-electron chi connectivity index (χ0n) is 11.4. The Bertz CT molecular complexity index is 456. The molecule has 3 N–H and O–H groups in total. The quantitative estimate of drug-likeness (QED) is 0.874. The molecule has 2 bridgehead atoms. The largest absolute Gasteiger partial charge is 0.348 e. The Kier molecular flexibility index (Phi) is 3.63. The maximum Gasteiger partial charge on any atom is 0.261 e. The summed E-state index contributed by atoms with van der Waals surface area (Å²) in [5.74, 6) is 1.29. The van der Waals surface area contributed by atoms with Gasteiger partial charge in [-0.15, -0.1) is 11.3 Å². The molecule has 1 aromatic rings. The van der Waals surface area contributed by atoms with Crippen molar-refractivity contribution in [2.24, 2.45) is 17.6 Å². The summed E-state index contributed by atoms with van der Waals surface area (Å²) in [5.41, 5.74) is 7.21. The minimum absolute atomic E-state index is 0.116. The summed E-state index contributed by atoms with van der Waals surface area (Å²) >= 11 is 1.54. The highest BCUT2D eigenvalue weighted by Crippen LogP contribution is 2.39. The van der Waals surface area contributed by atoms with E-state index in [2.05, 4.69) is 5.32 Å². The average molecular weight is 278 g/mol. The summed E-state index contributed by atoms with van der Waals surface area (Å²) in [4.78, 5) is 13.2. The van der Waals surface area contributed by atoms with Gasteiger partial charge in [-0.25, -0.2) is 0 Å². The van der Waals surface area contributed by atoms with Gasteiger partial charge in [0.1, 0.15) is 0 Å². The molecule has 1 aromatic heterocycles. The lowest BCUT2D eigenvalue weighted by molar-refractivity contribution is 0.0759. The van der Waals surface area contributed by atoms with Crippen molar-refractivity contribution >= 4 is 17.2 Å². The van der Waals surface area contributed by atoms with Gasteiger partial charge in [0, 0.05) is 12.1 Å². The number of amides is 1. The van der Waals surface area contributed by atoms with Crippen molar-refractivity contribution in [3.63, 3.8) is 0 Å². The van der Waals surface area contributed by atoms with E-state index in [4.69, 9.17) is 5.73 Å². The highest BCUT2D eigenvalue weighted by atomic mass is 32.1. The van der Waals surface area contributed by atoms with Gasteiger partial charge >= 0.3 is 0 Å². The van der Waals surface area contributed by atoms with E-state index in [1.54, 1.807) is 0 Å². The fourth-order valence-corrected chi connectivity index (χ4v) is 4.68. The molecule has 2 unspecified atom stereocenters. The number of hydrogen-bond acceptors (Lipinski definition) is 3. The molecule has 1 heterocycles. The highest BCUT2D eigenvalue weighted by molar-refractivity contribution is 7.12. The van der Waals surface area contributed by atoms with Gasteiger partial charge in [0.25, 0.3) is 5.91 Å². The van der Waals surface area contributed by atoms with E-state index in [1.807, 2.05) is 18.4 Å². The van der Waals surface area contributed by atoms with Crippen LogP contribution in [-0.4, -0.2) is 18.0 Å². The van der Waals surface area contributed by atoms with Crippen molar-refractivity contribution in [2.45, 2.75) is 51.1 Å². The molecular formula is C15H22N2OS. The predicted octanol–water partition coefficient (Wildman–Crippen LogP) is 2.69. The van der Waals surface area contributed by atoms with Gasteiger partial charge in [0.15, 0.2) is 0 Å². The maximum absolute atomic E-state index is 12.4. The van der Waals surface area contributed by atoms with Crippen molar-refractivity contribution in [1.29, 1.82) is 0 Å². The van der Waals surface area contributed by atoms with Crippen LogP contribution < -0.4 is 11.1 Å². The summed E-state index contributed by atoms with van der Waals surface area (Å²) in [7, 11) is 0. The lowest BCUT2D eigenvalue weighted by Crippen LogP contribution is -2.53. The van der Waals surface area contributed by atoms with Gasteiger partial charge in [-0.1, -0.05) is 6.42 Å². The molecule has 104 valence electrons. The Labute approximate surface area is 118 Å². The number of fused-ring (bicyclic) bond motifs is 2. The third-order valence-corrected chi connectivity index (χ3v) is 5.76. The number of hydrogen-bond donors (Lipinski definition) is 2. The fraction of sp³-hybridized carbons (Fsp3) is 0.667. The van der Waals surface area contributed by atoms with Crippen LogP contribution in [0.25, 0.3) is 0 Å². The summed E-state index contributed by atoms with van der Waals surface area (Å²) in [6.07, 6.45) is 5.89. The van der Waals surface area contributed by atoms with Gasteiger partial charge < -0.3 is 11.1 Å². The number of rotatable bonds is 2. The zero-order chi connectivity index (χ0) is 13.4. The molecule has 0 saturated heterocycles. The third-order valence-electron chi connectivity index (χ3n) is 4.74.